The van der Waals surface area contributed by atoms with Crippen molar-refractivity contribution in [2.45, 2.75) is 19.8 Å². The van der Waals surface area contributed by atoms with Crippen LogP contribution in [-0.2, 0) is 14.8 Å². The maximum Gasteiger partial charge on any atom is 0.223 e. The zero-order valence-electron chi connectivity index (χ0n) is 10.2. The van der Waals surface area contributed by atoms with Gasteiger partial charge in [-0.2, -0.15) is 0 Å². The molecule has 2 N–H and O–H groups in total. The van der Waals surface area contributed by atoms with E-state index in [0.29, 0.717) is 19.5 Å². The van der Waals surface area contributed by atoms with Crippen LogP contribution >= 0.6 is 0 Å². The summed E-state index contributed by atoms with van der Waals surface area (Å²) in [5, 5.41) is 3.16. The van der Waals surface area contributed by atoms with Gasteiger partial charge in [0, 0.05) is 39.1 Å². The van der Waals surface area contributed by atoms with E-state index in [1.165, 1.54) is 0 Å². The van der Waals surface area contributed by atoms with Gasteiger partial charge >= 0.3 is 0 Å². The first-order valence-corrected chi connectivity index (χ1v) is 7.66. The lowest BCUT2D eigenvalue weighted by atomic mass is 10.3. The number of nitrogens with one attached hydrogen (secondary N) is 2. The van der Waals surface area contributed by atoms with Crippen molar-refractivity contribution in [1.29, 1.82) is 0 Å². The second kappa shape index (κ2) is 6.93. The monoisotopic (exact) mass is 263 g/mol. The largest absolute Gasteiger partial charge is 0.340 e. The molecule has 1 heterocycles. The number of sulfonamides is 1. The highest BCUT2D eigenvalue weighted by atomic mass is 32.2. The minimum atomic E-state index is -3.19. The van der Waals surface area contributed by atoms with Crippen molar-refractivity contribution >= 4 is 15.9 Å². The molecule has 0 bridgehead atoms. The molecule has 0 atom stereocenters. The fourth-order valence-corrected chi connectivity index (χ4v) is 2.82. The molecule has 0 saturated carbocycles. The number of carbonyl (C=O) groups is 1. The molecule has 1 fully saturated rings. The van der Waals surface area contributed by atoms with Gasteiger partial charge in [-0.05, 0) is 6.42 Å². The Labute approximate surface area is 103 Å². The summed E-state index contributed by atoms with van der Waals surface area (Å²) >= 11 is 0. The van der Waals surface area contributed by atoms with Crippen molar-refractivity contribution < 1.29 is 13.2 Å². The van der Waals surface area contributed by atoms with E-state index >= 15 is 0 Å². The fraction of sp³-hybridized carbons (Fsp3) is 0.900. The second-order valence-electron chi connectivity index (χ2n) is 4.09. The molecule has 1 saturated heterocycles. The smallest absolute Gasteiger partial charge is 0.223 e. The van der Waals surface area contributed by atoms with Crippen molar-refractivity contribution in [2.75, 3.05) is 38.5 Å². The maximum absolute atomic E-state index is 11.7. The van der Waals surface area contributed by atoms with E-state index in [1.54, 1.807) is 4.90 Å². The Bertz CT molecular complexity index is 337. The van der Waals surface area contributed by atoms with Crippen LogP contribution in [0.1, 0.15) is 19.8 Å². The lowest BCUT2D eigenvalue weighted by Gasteiger charge is -2.27. The van der Waals surface area contributed by atoms with Crippen LogP contribution in [0, 0.1) is 0 Å². The summed E-state index contributed by atoms with van der Waals surface area (Å²) in [6.07, 6.45) is 0.823. The van der Waals surface area contributed by atoms with Crippen LogP contribution in [-0.4, -0.2) is 57.7 Å². The number of nitrogens with zero attached hydrogens (tertiary/aromatic N) is 1. The van der Waals surface area contributed by atoms with Gasteiger partial charge < -0.3 is 10.2 Å². The van der Waals surface area contributed by atoms with Gasteiger partial charge in [-0.15, -0.1) is 0 Å². The number of carbonyl (C=O) groups excluding carboxylic acids is 1. The van der Waals surface area contributed by atoms with Crippen molar-refractivity contribution in [3.05, 3.63) is 0 Å². The molecule has 100 valence electrons. The van der Waals surface area contributed by atoms with Gasteiger partial charge in [-0.3, -0.25) is 4.79 Å². The highest BCUT2D eigenvalue weighted by Crippen LogP contribution is 1.97. The van der Waals surface area contributed by atoms with Crippen LogP contribution in [0.4, 0.5) is 0 Å². The Morgan fingerprint density at radius 1 is 1.35 bits per heavy atom. The van der Waals surface area contributed by atoms with Crippen molar-refractivity contribution in [3.63, 3.8) is 0 Å². The molecular weight excluding hydrogens is 242 g/mol. The average Bonchev–Trinajstić information content (AvgIpc) is 2.29. The minimum absolute atomic E-state index is 0.0192. The Morgan fingerprint density at radius 3 is 2.59 bits per heavy atom. The van der Waals surface area contributed by atoms with E-state index in [4.69, 9.17) is 0 Å². The number of amides is 1. The first-order valence-electron chi connectivity index (χ1n) is 6.01. The molecular formula is C10H21N3O3S. The highest BCUT2D eigenvalue weighted by molar-refractivity contribution is 7.89. The third-order valence-corrected chi connectivity index (χ3v) is 4.19. The van der Waals surface area contributed by atoms with Crippen LogP contribution in [0.15, 0.2) is 0 Å². The van der Waals surface area contributed by atoms with Gasteiger partial charge in [0.15, 0.2) is 0 Å². The zero-order chi connectivity index (χ0) is 12.7. The lowest BCUT2D eigenvalue weighted by Crippen LogP contribution is -2.47. The van der Waals surface area contributed by atoms with Crippen LogP contribution in [0.5, 0.6) is 0 Å². The molecule has 0 aromatic rings. The number of piperazine rings is 1. The topological polar surface area (TPSA) is 78.5 Å². The zero-order valence-corrected chi connectivity index (χ0v) is 11.1. The van der Waals surface area contributed by atoms with Gasteiger partial charge in [0.1, 0.15) is 0 Å². The highest BCUT2D eigenvalue weighted by Gasteiger charge is 2.16. The summed E-state index contributed by atoms with van der Waals surface area (Å²) in [5.41, 5.74) is 0. The summed E-state index contributed by atoms with van der Waals surface area (Å²) in [4.78, 5) is 13.5. The SMILES string of the molecule is CCCS(=O)(=O)NCCC(=O)N1CCNCC1. The summed E-state index contributed by atoms with van der Waals surface area (Å²) < 4.78 is 25.1. The quantitative estimate of drug-likeness (QED) is 0.653. The number of hydrogen-bond donors (Lipinski definition) is 2. The second-order valence-corrected chi connectivity index (χ2v) is 6.02. The summed E-state index contributed by atoms with van der Waals surface area (Å²) in [7, 11) is -3.19. The third kappa shape index (κ3) is 5.47. The van der Waals surface area contributed by atoms with E-state index in [1.807, 2.05) is 6.92 Å². The van der Waals surface area contributed by atoms with E-state index in [2.05, 4.69) is 10.0 Å². The molecule has 0 aromatic carbocycles. The summed E-state index contributed by atoms with van der Waals surface area (Å²) in [6.45, 7) is 5.05. The van der Waals surface area contributed by atoms with Gasteiger partial charge in [0.05, 0.1) is 5.75 Å². The molecule has 1 amide bonds. The van der Waals surface area contributed by atoms with Crippen LogP contribution in [0.2, 0.25) is 0 Å². The number of rotatable bonds is 6. The Kier molecular flexibility index (Phi) is 5.87. The van der Waals surface area contributed by atoms with Gasteiger partial charge in [-0.1, -0.05) is 6.92 Å². The summed E-state index contributed by atoms with van der Waals surface area (Å²) in [6, 6.07) is 0. The third-order valence-electron chi connectivity index (χ3n) is 2.60. The van der Waals surface area contributed by atoms with Crippen LogP contribution in [0.3, 0.4) is 0 Å². The molecule has 1 rings (SSSR count). The molecule has 1 aliphatic heterocycles. The summed E-state index contributed by atoms with van der Waals surface area (Å²) in [5.74, 6) is 0.139. The molecule has 0 unspecified atom stereocenters. The first-order chi connectivity index (χ1) is 8.05. The van der Waals surface area contributed by atoms with E-state index in [0.717, 1.165) is 13.1 Å². The van der Waals surface area contributed by atoms with E-state index < -0.39 is 10.0 Å². The normalized spacial score (nSPS) is 17.1. The van der Waals surface area contributed by atoms with Crippen LogP contribution < -0.4 is 10.0 Å². The molecule has 17 heavy (non-hydrogen) atoms. The fourth-order valence-electron chi connectivity index (χ4n) is 1.73. The van der Waals surface area contributed by atoms with Crippen molar-refractivity contribution in [3.8, 4) is 0 Å². The maximum atomic E-state index is 11.7. The Morgan fingerprint density at radius 2 is 2.00 bits per heavy atom. The predicted octanol–water partition coefficient (Wildman–Crippen LogP) is -0.862. The molecule has 0 spiro atoms. The molecule has 6 nitrogen and oxygen atoms in total. The first kappa shape index (κ1) is 14.4. The Balaban J connectivity index is 2.24. The van der Waals surface area contributed by atoms with Gasteiger partial charge in [0.2, 0.25) is 15.9 Å². The minimum Gasteiger partial charge on any atom is -0.340 e. The number of hydrogen-bond acceptors (Lipinski definition) is 4. The van der Waals surface area contributed by atoms with E-state index in [9.17, 15) is 13.2 Å². The average molecular weight is 263 g/mol. The van der Waals surface area contributed by atoms with Gasteiger partial charge in [0.25, 0.3) is 0 Å². The molecule has 1 aliphatic rings. The molecule has 0 radical (unpaired) electrons. The van der Waals surface area contributed by atoms with Crippen molar-refractivity contribution in [2.24, 2.45) is 0 Å². The molecule has 7 heteroatoms. The lowest BCUT2D eigenvalue weighted by molar-refractivity contribution is -0.131. The van der Waals surface area contributed by atoms with E-state index in [-0.39, 0.29) is 24.6 Å². The molecule has 0 aromatic heterocycles. The van der Waals surface area contributed by atoms with Crippen LogP contribution in [0.25, 0.3) is 0 Å². The predicted molar refractivity (Wildman–Crippen MR) is 66.1 cm³/mol. The molecule has 0 aliphatic carbocycles. The van der Waals surface area contributed by atoms with Gasteiger partial charge in [-0.25, -0.2) is 13.1 Å². The van der Waals surface area contributed by atoms with Crippen molar-refractivity contribution in [1.82, 2.24) is 14.9 Å². The Hall–Kier alpha value is -0.660. The standard InChI is InChI=1S/C10H21N3O3S/c1-2-9-17(15,16)12-4-3-10(14)13-7-5-11-6-8-13/h11-12H,2-9H2,1H3.